The number of ether oxygens (including phenoxy) is 4. The fourth-order valence-electron chi connectivity index (χ4n) is 2.85. The van der Waals surface area contributed by atoms with Gasteiger partial charge in [0.25, 0.3) is 0 Å². The summed E-state index contributed by atoms with van der Waals surface area (Å²) in [6, 6.07) is 4.63. The standard InChI is InChI=1S/C19H19NO7/c1-4-24-19(23)16-10(2)17(20-11(16)3)13(21)8-25-18(22)12-5-6-14-15(7-12)27-9-26-14/h5-7,20H,4,8-9H2,1-3H3. The van der Waals surface area contributed by atoms with Gasteiger partial charge in [0.15, 0.2) is 18.1 Å². The molecule has 0 fully saturated rings. The predicted octanol–water partition coefficient (Wildman–Crippen LogP) is 2.58. The van der Waals surface area contributed by atoms with Gasteiger partial charge in [0.1, 0.15) is 0 Å². The molecular weight excluding hydrogens is 354 g/mol. The van der Waals surface area contributed by atoms with Gasteiger partial charge < -0.3 is 23.9 Å². The van der Waals surface area contributed by atoms with E-state index in [0.29, 0.717) is 28.3 Å². The summed E-state index contributed by atoms with van der Waals surface area (Å²) >= 11 is 0. The first kappa shape index (κ1) is 18.5. The number of esters is 2. The highest BCUT2D eigenvalue weighted by Gasteiger charge is 2.24. The molecule has 2 aromatic rings. The lowest BCUT2D eigenvalue weighted by Crippen LogP contribution is -2.15. The van der Waals surface area contributed by atoms with Crippen LogP contribution in [0.25, 0.3) is 0 Å². The lowest BCUT2D eigenvalue weighted by Gasteiger charge is -2.05. The summed E-state index contributed by atoms with van der Waals surface area (Å²) in [5.74, 6) is -0.606. The van der Waals surface area contributed by atoms with E-state index in [9.17, 15) is 14.4 Å². The van der Waals surface area contributed by atoms with Gasteiger partial charge in [0, 0.05) is 5.69 Å². The molecule has 0 amide bonds. The Bertz CT molecular complexity index is 913. The molecule has 1 aromatic carbocycles. The molecule has 0 saturated carbocycles. The maximum Gasteiger partial charge on any atom is 0.340 e. The highest BCUT2D eigenvalue weighted by Crippen LogP contribution is 2.32. The molecule has 0 bridgehead atoms. The number of hydrogen-bond acceptors (Lipinski definition) is 7. The van der Waals surface area contributed by atoms with Crippen molar-refractivity contribution < 1.29 is 33.3 Å². The minimum atomic E-state index is -0.659. The quantitative estimate of drug-likeness (QED) is 0.613. The summed E-state index contributed by atoms with van der Waals surface area (Å²) in [7, 11) is 0. The Labute approximate surface area is 155 Å². The molecule has 1 aromatic heterocycles. The predicted molar refractivity (Wildman–Crippen MR) is 93.4 cm³/mol. The molecule has 0 saturated heterocycles. The minimum Gasteiger partial charge on any atom is -0.462 e. The molecule has 1 aliphatic rings. The molecule has 0 spiro atoms. The normalized spacial score (nSPS) is 12.0. The molecule has 27 heavy (non-hydrogen) atoms. The lowest BCUT2D eigenvalue weighted by atomic mass is 10.1. The zero-order chi connectivity index (χ0) is 19.6. The zero-order valence-electron chi connectivity index (χ0n) is 15.2. The maximum absolute atomic E-state index is 12.4. The number of aryl methyl sites for hydroxylation is 1. The van der Waals surface area contributed by atoms with Crippen LogP contribution in [-0.2, 0) is 9.47 Å². The molecule has 0 atom stereocenters. The number of Topliss-reactive ketones (excluding diaryl/α,β-unsaturated/α-hetero) is 1. The van der Waals surface area contributed by atoms with Crippen LogP contribution in [0.5, 0.6) is 11.5 Å². The topological polar surface area (TPSA) is 104 Å². The van der Waals surface area contributed by atoms with Gasteiger partial charge in [-0.05, 0) is 44.5 Å². The largest absolute Gasteiger partial charge is 0.462 e. The molecule has 0 unspecified atom stereocenters. The minimum absolute atomic E-state index is 0.0978. The van der Waals surface area contributed by atoms with Gasteiger partial charge in [-0.3, -0.25) is 4.79 Å². The van der Waals surface area contributed by atoms with Crippen LogP contribution in [0.2, 0.25) is 0 Å². The summed E-state index contributed by atoms with van der Waals surface area (Å²) in [5.41, 5.74) is 1.78. The van der Waals surface area contributed by atoms with Crippen molar-refractivity contribution in [3.05, 3.63) is 46.3 Å². The van der Waals surface area contributed by atoms with Crippen molar-refractivity contribution in [3.63, 3.8) is 0 Å². The first-order valence-corrected chi connectivity index (χ1v) is 8.38. The Balaban J connectivity index is 1.68. The van der Waals surface area contributed by atoms with E-state index in [1.54, 1.807) is 26.8 Å². The van der Waals surface area contributed by atoms with Crippen molar-refractivity contribution in [2.45, 2.75) is 20.8 Å². The molecule has 8 heteroatoms. The highest BCUT2D eigenvalue weighted by molar-refractivity contribution is 6.03. The molecule has 3 rings (SSSR count). The highest BCUT2D eigenvalue weighted by atomic mass is 16.7. The van der Waals surface area contributed by atoms with E-state index in [2.05, 4.69) is 4.98 Å². The van der Waals surface area contributed by atoms with Gasteiger partial charge in [-0.2, -0.15) is 0 Å². The van der Waals surface area contributed by atoms with Crippen LogP contribution in [0.15, 0.2) is 18.2 Å². The van der Waals surface area contributed by atoms with Crippen LogP contribution in [0.3, 0.4) is 0 Å². The van der Waals surface area contributed by atoms with Gasteiger partial charge in [0.2, 0.25) is 12.6 Å². The van der Waals surface area contributed by atoms with Gasteiger partial charge in [-0.15, -0.1) is 0 Å². The van der Waals surface area contributed by atoms with Crippen molar-refractivity contribution in [1.82, 2.24) is 4.98 Å². The van der Waals surface area contributed by atoms with Crippen LogP contribution in [-0.4, -0.2) is 42.7 Å². The van der Waals surface area contributed by atoms with E-state index in [0.717, 1.165) is 0 Å². The van der Waals surface area contributed by atoms with Crippen LogP contribution >= 0.6 is 0 Å². The van der Waals surface area contributed by atoms with Crippen LogP contribution in [0.4, 0.5) is 0 Å². The summed E-state index contributed by atoms with van der Waals surface area (Å²) in [6.45, 7) is 4.89. The molecule has 2 heterocycles. The Morgan fingerprint density at radius 3 is 2.56 bits per heavy atom. The van der Waals surface area contributed by atoms with E-state index in [1.165, 1.54) is 12.1 Å². The van der Waals surface area contributed by atoms with Gasteiger partial charge in [-0.25, -0.2) is 9.59 Å². The number of hydrogen-bond donors (Lipinski definition) is 1. The molecule has 142 valence electrons. The average molecular weight is 373 g/mol. The van der Waals surface area contributed by atoms with E-state index in [4.69, 9.17) is 18.9 Å². The Morgan fingerprint density at radius 2 is 1.81 bits per heavy atom. The first-order valence-electron chi connectivity index (χ1n) is 8.38. The van der Waals surface area contributed by atoms with Crippen molar-refractivity contribution in [1.29, 1.82) is 0 Å². The number of aromatic amines is 1. The summed E-state index contributed by atoms with van der Waals surface area (Å²) in [5, 5.41) is 0. The summed E-state index contributed by atoms with van der Waals surface area (Å²) in [6.07, 6.45) is 0. The van der Waals surface area contributed by atoms with Crippen LogP contribution in [0, 0.1) is 13.8 Å². The second kappa shape index (κ2) is 7.53. The molecule has 0 radical (unpaired) electrons. The van der Waals surface area contributed by atoms with Gasteiger partial charge >= 0.3 is 11.9 Å². The third kappa shape index (κ3) is 3.64. The van der Waals surface area contributed by atoms with Crippen LogP contribution in [0.1, 0.15) is 49.4 Å². The number of carbonyl (C=O) groups is 3. The summed E-state index contributed by atoms with van der Waals surface area (Å²) in [4.78, 5) is 39.5. The second-order valence-electron chi connectivity index (χ2n) is 5.91. The molecule has 1 aliphatic heterocycles. The number of carbonyl (C=O) groups excluding carboxylic acids is 3. The maximum atomic E-state index is 12.4. The van der Waals surface area contributed by atoms with Gasteiger partial charge in [0.05, 0.1) is 23.4 Å². The van der Waals surface area contributed by atoms with Crippen molar-refractivity contribution >= 4 is 17.7 Å². The number of aromatic nitrogens is 1. The smallest absolute Gasteiger partial charge is 0.340 e. The Hall–Kier alpha value is -3.29. The Morgan fingerprint density at radius 1 is 1.07 bits per heavy atom. The lowest BCUT2D eigenvalue weighted by molar-refractivity contribution is 0.0472. The SMILES string of the molecule is CCOC(=O)c1c(C)[nH]c(C(=O)COC(=O)c2ccc3c(c2)OCO3)c1C. The molecular formula is C19H19NO7. The number of rotatable bonds is 6. The third-order valence-electron chi connectivity index (χ3n) is 4.14. The van der Waals surface area contributed by atoms with Crippen molar-refractivity contribution in [2.24, 2.45) is 0 Å². The molecule has 1 N–H and O–H groups in total. The van der Waals surface area contributed by atoms with E-state index >= 15 is 0 Å². The zero-order valence-corrected chi connectivity index (χ0v) is 15.2. The monoisotopic (exact) mass is 373 g/mol. The van der Waals surface area contributed by atoms with E-state index in [-0.39, 0.29) is 24.7 Å². The van der Waals surface area contributed by atoms with Gasteiger partial charge in [-0.1, -0.05) is 0 Å². The van der Waals surface area contributed by atoms with Crippen LogP contribution < -0.4 is 9.47 Å². The van der Waals surface area contributed by atoms with Crippen molar-refractivity contribution in [2.75, 3.05) is 20.0 Å². The number of ketones is 1. The number of H-pyrrole nitrogens is 1. The fraction of sp³-hybridized carbons (Fsp3) is 0.316. The fourth-order valence-corrected chi connectivity index (χ4v) is 2.85. The average Bonchev–Trinajstić information content (AvgIpc) is 3.22. The van der Waals surface area contributed by atoms with E-state index < -0.39 is 24.3 Å². The molecule has 0 aliphatic carbocycles. The number of benzene rings is 1. The van der Waals surface area contributed by atoms with Crippen molar-refractivity contribution in [3.8, 4) is 11.5 Å². The third-order valence-corrected chi connectivity index (χ3v) is 4.14. The van der Waals surface area contributed by atoms with E-state index in [1.807, 2.05) is 0 Å². The Kier molecular flexibility index (Phi) is 5.16. The number of fused-ring (bicyclic) bond motifs is 1. The first-order chi connectivity index (χ1) is 12.9. The second-order valence-corrected chi connectivity index (χ2v) is 5.91. The molecule has 8 nitrogen and oxygen atoms in total. The number of nitrogens with one attached hydrogen (secondary N) is 1. The summed E-state index contributed by atoms with van der Waals surface area (Å²) < 4.78 is 20.5.